The number of likely N-dealkylation sites (tertiary alicyclic amines) is 1. The van der Waals surface area contributed by atoms with Crippen molar-refractivity contribution < 1.29 is 4.79 Å². The molecule has 0 bridgehead atoms. The maximum Gasteiger partial charge on any atom is 0.256 e. The number of carbonyl (C=O) groups excluding carboxylic acids is 1. The normalized spacial score (nSPS) is 20.6. The summed E-state index contributed by atoms with van der Waals surface area (Å²) in [5, 5.41) is 13.1. The van der Waals surface area contributed by atoms with Crippen molar-refractivity contribution in [3.05, 3.63) is 45.9 Å². The number of anilines is 1. The molecule has 2 saturated heterocycles. The summed E-state index contributed by atoms with van der Waals surface area (Å²) in [6.45, 7) is 8.78. The fourth-order valence-electron chi connectivity index (χ4n) is 4.63. The van der Waals surface area contributed by atoms with Gasteiger partial charge in [-0.3, -0.25) is 14.2 Å². The summed E-state index contributed by atoms with van der Waals surface area (Å²) in [7, 11) is 0. The molecule has 2 fully saturated rings. The van der Waals surface area contributed by atoms with Gasteiger partial charge in [0.15, 0.2) is 11.5 Å². The van der Waals surface area contributed by atoms with Gasteiger partial charge >= 0.3 is 0 Å². The molecular weight excluding hydrogens is 396 g/mol. The van der Waals surface area contributed by atoms with Crippen LogP contribution in [0.4, 0.5) is 5.82 Å². The number of fused-ring (bicyclic) bond motifs is 2. The van der Waals surface area contributed by atoms with Crippen molar-refractivity contribution in [1.82, 2.24) is 34.3 Å². The minimum atomic E-state index is -0.145. The van der Waals surface area contributed by atoms with Crippen LogP contribution in [0.15, 0.2) is 23.3 Å². The third kappa shape index (κ3) is 3.35. The lowest BCUT2D eigenvalue weighted by Crippen LogP contribution is -2.38. The summed E-state index contributed by atoms with van der Waals surface area (Å²) in [6.07, 6.45) is 2.25. The first-order chi connectivity index (χ1) is 14.9. The summed E-state index contributed by atoms with van der Waals surface area (Å²) >= 11 is 0. The Morgan fingerprint density at radius 1 is 1.10 bits per heavy atom. The number of hydrogen-bond acceptors (Lipinski definition) is 7. The van der Waals surface area contributed by atoms with Crippen molar-refractivity contribution in [3.63, 3.8) is 0 Å². The molecule has 10 nitrogen and oxygen atoms in total. The number of nitrogens with zero attached hydrogens (tertiary/aromatic N) is 8. The molecule has 5 rings (SSSR count). The average Bonchev–Trinajstić information content (AvgIpc) is 3.46. The second kappa shape index (κ2) is 7.44. The number of aryl methyl sites for hydroxylation is 2. The Bertz CT molecular complexity index is 1200. The second-order valence-electron chi connectivity index (χ2n) is 8.54. The fraction of sp³-hybridized carbons (Fsp3) is 0.524. The molecule has 2 unspecified atom stereocenters. The Morgan fingerprint density at radius 3 is 2.55 bits per heavy atom. The number of amides is 1. The quantitative estimate of drug-likeness (QED) is 0.602. The molecule has 0 saturated carbocycles. The predicted octanol–water partition coefficient (Wildman–Crippen LogP) is 0.455. The molecule has 2 atom stereocenters. The van der Waals surface area contributed by atoms with Crippen molar-refractivity contribution >= 4 is 17.4 Å². The molecule has 0 N–H and O–H groups in total. The van der Waals surface area contributed by atoms with Crippen molar-refractivity contribution in [2.75, 3.05) is 31.1 Å². The van der Waals surface area contributed by atoms with Gasteiger partial charge < -0.3 is 9.80 Å². The van der Waals surface area contributed by atoms with Crippen LogP contribution in [-0.2, 0) is 17.8 Å². The van der Waals surface area contributed by atoms with Crippen molar-refractivity contribution in [1.29, 1.82) is 0 Å². The zero-order valence-electron chi connectivity index (χ0n) is 18.0. The third-order valence-electron chi connectivity index (χ3n) is 6.61. The SMILES string of the molecule is CCc1nnc2ccc(N3CC4CN(C(=O)Cn5cnc(C)c(C)c5=O)CC4C3)nn12. The average molecular weight is 422 g/mol. The summed E-state index contributed by atoms with van der Waals surface area (Å²) in [4.78, 5) is 33.6. The molecule has 2 aliphatic heterocycles. The number of carbonyl (C=O) groups is 1. The number of aromatic nitrogens is 6. The van der Waals surface area contributed by atoms with Crippen LogP contribution in [0, 0.1) is 25.7 Å². The Kier molecular flexibility index (Phi) is 4.71. The molecule has 0 aliphatic carbocycles. The Balaban J connectivity index is 1.25. The van der Waals surface area contributed by atoms with E-state index in [9.17, 15) is 9.59 Å². The third-order valence-corrected chi connectivity index (χ3v) is 6.61. The van der Waals surface area contributed by atoms with E-state index < -0.39 is 0 Å². The minimum Gasteiger partial charge on any atom is -0.354 e. The van der Waals surface area contributed by atoms with E-state index in [1.54, 1.807) is 13.8 Å². The van der Waals surface area contributed by atoms with Crippen LogP contribution in [-0.4, -0.2) is 66.3 Å². The van der Waals surface area contributed by atoms with E-state index in [0.717, 1.165) is 36.8 Å². The lowest BCUT2D eigenvalue weighted by molar-refractivity contribution is -0.131. The standard InChI is InChI=1S/C21H26N8O2/c1-4-17-23-24-18-5-6-19(25-29(17)18)26-7-15-9-27(10-16(15)8-26)20(30)11-28-12-22-14(3)13(2)21(28)31/h5-6,12,15-16H,4,7-11H2,1-3H3. The van der Waals surface area contributed by atoms with E-state index in [1.807, 2.05) is 28.5 Å². The minimum absolute atomic E-state index is 0.0234. The van der Waals surface area contributed by atoms with E-state index in [1.165, 1.54) is 10.9 Å². The molecule has 3 aromatic heterocycles. The summed E-state index contributed by atoms with van der Waals surface area (Å²) in [5.74, 6) is 2.56. The van der Waals surface area contributed by atoms with Crippen molar-refractivity contribution in [3.8, 4) is 0 Å². The molecule has 3 aromatic rings. The molecule has 2 aliphatic rings. The van der Waals surface area contributed by atoms with Gasteiger partial charge in [0.2, 0.25) is 5.91 Å². The molecule has 0 radical (unpaired) electrons. The van der Waals surface area contributed by atoms with Gasteiger partial charge in [-0.25, -0.2) is 4.98 Å². The van der Waals surface area contributed by atoms with Gasteiger partial charge in [0, 0.05) is 55.7 Å². The van der Waals surface area contributed by atoms with E-state index in [4.69, 9.17) is 5.10 Å². The molecule has 5 heterocycles. The molecule has 10 heteroatoms. The first-order valence-corrected chi connectivity index (χ1v) is 10.7. The first kappa shape index (κ1) is 19.7. The molecule has 0 aromatic carbocycles. The van der Waals surface area contributed by atoms with Gasteiger partial charge in [0.1, 0.15) is 12.4 Å². The monoisotopic (exact) mass is 422 g/mol. The summed E-state index contributed by atoms with van der Waals surface area (Å²) < 4.78 is 3.23. The topological polar surface area (TPSA) is 102 Å². The fourth-order valence-corrected chi connectivity index (χ4v) is 4.63. The van der Waals surface area contributed by atoms with E-state index in [0.29, 0.717) is 36.2 Å². The Hall–Kier alpha value is -3.30. The maximum atomic E-state index is 12.8. The molecule has 31 heavy (non-hydrogen) atoms. The van der Waals surface area contributed by atoms with Gasteiger partial charge in [0.25, 0.3) is 5.56 Å². The molecule has 0 spiro atoms. The van der Waals surface area contributed by atoms with Crippen LogP contribution in [0.5, 0.6) is 0 Å². The van der Waals surface area contributed by atoms with Gasteiger partial charge in [-0.05, 0) is 26.0 Å². The van der Waals surface area contributed by atoms with Gasteiger partial charge in [-0.15, -0.1) is 15.3 Å². The first-order valence-electron chi connectivity index (χ1n) is 10.7. The van der Waals surface area contributed by atoms with E-state index >= 15 is 0 Å². The highest BCUT2D eigenvalue weighted by atomic mass is 16.2. The molecular formula is C21H26N8O2. The Labute approximate surface area is 179 Å². The van der Waals surface area contributed by atoms with Crippen LogP contribution in [0.3, 0.4) is 0 Å². The van der Waals surface area contributed by atoms with Crippen molar-refractivity contribution in [2.24, 2.45) is 11.8 Å². The summed E-state index contributed by atoms with van der Waals surface area (Å²) in [5.41, 5.74) is 1.91. The van der Waals surface area contributed by atoms with Gasteiger partial charge in [-0.1, -0.05) is 6.92 Å². The predicted molar refractivity (Wildman–Crippen MR) is 114 cm³/mol. The van der Waals surface area contributed by atoms with E-state index in [-0.39, 0.29) is 18.0 Å². The highest BCUT2D eigenvalue weighted by Gasteiger charge is 2.42. The van der Waals surface area contributed by atoms with Crippen LogP contribution in [0.1, 0.15) is 24.0 Å². The largest absolute Gasteiger partial charge is 0.354 e. The smallest absolute Gasteiger partial charge is 0.256 e. The maximum absolute atomic E-state index is 12.8. The van der Waals surface area contributed by atoms with Crippen LogP contribution < -0.4 is 10.5 Å². The Morgan fingerprint density at radius 2 is 1.84 bits per heavy atom. The lowest BCUT2D eigenvalue weighted by atomic mass is 10.0. The molecule has 162 valence electrons. The molecule has 1 amide bonds. The highest BCUT2D eigenvalue weighted by molar-refractivity contribution is 5.76. The lowest BCUT2D eigenvalue weighted by Gasteiger charge is -2.22. The zero-order chi connectivity index (χ0) is 21.7. The van der Waals surface area contributed by atoms with Crippen LogP contribution >= 0.6 is 0 Å². The second-order valence-corrected chi connectivity index (χ2v) is 8.54. The zero-order valence-corrected chi connectivity index (χ0v) is 18.0. The number of hydrogen-bond donors (Lipinski definition) is 0. The van der Waals surface area contributed by atoms with Gasteiger partial charge in [0.05, 0.1) is 6.33 Å². The van der Waals surface area contributed by atoms with Crippen LogP contribution in [0.2, 0.25) is 0 Å². The van der Waals surface area contributed by atoms with Crippen LogP contribution in [0.25, 0.3) is 5.65 Å². The number of rotatable bonds is 4. The highest BCUT2D eigenvalue weighted by Crippen LogP contribution is 2.33. The van der Waals surface area contributed by atoms with Gasteiger partial charge in [-0.2, -0.15) is 4.52 Å². The summed E-state index contributed by atoms with van der Waals surface area (Å²) in [6, 6.07) is 3.94. The van der Waals surface area contributed by atoms with E-state index in [2.05, 4.69) is 20.1 Å². The van der Waals surface area contributed by atoms with Crippen molar-refractivity contribution in [2.45, 2.75) is 33.7 Å².